The number of hydrogen-bond donors (Lipinski definition) is 2. The fourth-order valence-corrected chi connectivity index (χ4v) is 3.18. The van der Waals surface area contributed by atoms with Gasteiger partial charge in [0.15, 0.2) is 11.7 Å². The number of benzene rings is 1. The number of carbonyl (C=O) groups is 3. The number of H-pyrrole nitrogens is 1. The summed E-state index contributed by atoms with van der Waals surface area (Å²) in [5.41, 5.74) is 2.24. The van der Waals surface area contributed by atoms with E-state index < -0.39 is 24.5 Å². The van der Waals surface area contributed by atoms with E-state index in [0.29, 0.717) is 10.8 Å². The Hall–Kier alpha value is -3.20. The lowest BCUT2D eigenvalue weighted by atomic mass is 10.1. The van der Waals surface area contributed by atoms with Gasteiger partial charge in [0.05, 0.1) is 25.6 Å². The number of aromatic nitrogens is 2. The standard InChI is InChI=1S/C18H17N3O5S/c1-25-16(23)7-12-10-27-18(20-12)21-15(22)9-26-17(24)6-11-8-19-14-5-3-2-4-13(11)14/h2-5,8,10,19H,6-7,9H2,1H3,(H,20,21,22). The summed E-state index contributed by atoms with van der Waals surface area (Å²) in [4.78, 5) is 42.3. The number of carbonyl (C=O) groups excluding carboxylic acids is 3. The summed E-state index contributed by atoms with van der Waals surface area (Å²) in [6.07, 6.45) is 1.85. The van der Waals surface area contributed by atoms with E-state index >= 15 is 0 Å². The molecular formula is C18H17N3O5S. The van der Waals surface area contributed by atoms with E-state index in [1.165, 1.54) is 18.4 Å². The topological polar surface area (TPSA) is 110 Å². The van der Waals surface area contributed by atoms with Crippen LogP contribution in [0.15, 0.2) is 35.8 Å². The van der Waals surface area contributed by atoms with Crippen LogP contribution in [0.1, 0.15) is 11.3 Å². The lowest BCUT2D eigenvalue weighted by Crippen LogP contribution is -2.21. The predicted octanol–water partition coefficient (Wildman–Crippen LogP) is 2.06. The minimum atomic E-state index is -0.500. The van der Waals surface area contributed by atoms with E-state index in [1.807, 2.05) is 24.3 Å². The van der Waals surface area contributed by atoms with Crippen molar-refractivity contribution in [3.05, 3.63) is 47.1 Å². The zero-order chi connectivity index (χ0) is 19.2. The molecule has 0 atom stereocenters. The molecule has 9 heteroatoms. The van der Waals surface area contributed by atoms with Gasteiger partial charge < -0.3 is 14.5 Å². The van der Waals surface area contributed by atoms with Gasteiger partial charge in [-0.1, -0.05) is 18.2 Å². The number of para-hydroxylation sites is 1. The summed E-state index contributed by atoms with van der Waals surface area (Å²) in [6, 6.07) is 7.62. The highest BCUT2D eigenvalue weighted by Crippen LogP contribution is 2.18. The second-order valence-electron chi connectivity index (χ2n) is 5.64. The molecule has 0 aliphatic carbocycles. The summed E-state index contributed by atoms with van der Waals surface area (Å²) in [7, 11) is 1.29. The van der Waals surface area contributed by atoms with Crippen LogP contribution in [0.3, 0.4) is 0 Å². The predicted molar refractivity (Wildman–Crippen MR) is 99.4 cm³/mol. The third-order valence-corrected chi connectivity index (χ3v) is 4.53. The number of aromatic amines is 1. The molecule has 0 spiro atoms. The molecule has 0 saturated heterocycles. The first-order valence-corrected chi connectivity index (χ1v) is 8.95. The lowest BCUT2D eigenvalue weighted by molar-refractivity contribution is -0.146. The molecule has 8 nitrogen and oxygen atoms in total. The smallest absolute Gasteiger partial charge is 0.311 e. The van der Waals surface area contributed by atoms with E-state index in [4.69, 9.17) is 4.74 Å². The van der Waals surface area contributed by atoms with Crippen molar-refractivity contribution >= 4 is 45.2 Å². The number of amides is 1. The number of esters is 2. The zero-order valence-corrected chi connectivity index (χ0v) is 15.3. The average Bonchev–Trinajstić information content (AvgIpc) is 3.27. The number of methoxy groups -OCH3 is 1. The number of ether oxygens (including phenoxy) is 2. The summed E-state index contributed by atoms with van der Waals surface area (Å²) in [5.74, 6) is -1.41. The van der Waals surface area contributed by atoms with Gasteiger partial charge in [-0.05, 0) is 11.6 Å². The van der Waals surface area contributed by atoms with Gasteiger partial charge in [0.1, 0.15) is 0 Å². The number of anilines is 1. The molecule has 0 bridgehead atoms. The summed E-state index contributed by atoms with van der Waals surface area (Å²) < 4.78 is 9.58. The van der Waals surface area contributed by atoms with Gasteiger partial charge in [-0.25, -0.2) is 4.98 Å². The lowest BCUT2D eigenvalue weighted by Gasteiger charge is -2.04. The minimum absolute atomic E-state index is 0.0302. The number of nitrogens with one attached hydrogen (secondary N) is 2. The maximum atomic E-state index is 12.0. The molecule has 0 radical (unpaired) electrons. The van der Waals surface area contributed by atoms with Crippen molar-refractivity contribution in [2.24, 2.45) is 0 Å². The van der Waals surface area contributed by atoms with Crippen LogP contribution in [0.4, 0.5) is 5.13 Å². The molecule has 2 N–H and O–H groups in total. The van der Waals surface area contributed by atoms with Gasteiger partial charge in [-0.3, -0.25) is 19.7 Å². The number of rotatable bonds is 7. The first-order valence-electron chi connectivity index (χ1n) is 8.07. The van der Waals surface area contributed by atoms with Gasteiger partial charge in [0, 0.05) is 22.5 Å². The first kappa shape index (κ1) is 18.6. The Morgan fingerprint density at radius 2 is 2.00 bits per heavy atom. The largest absolute Gasteiger partial charge is 0.469 e. The average molecular weight is 387 g/mol. The van der Waals surface area contributed by atoms with E-state index in [-0.39, 0.29) is 12.8 Å². The number of thiazole rings is 1. The molecule has 1 aromatic carbocycles. The molecule has 0 saturated carbocycles. The Balaban J connectivity index is 1.47. The molecule has 140 valence electrons. The second-order valence-corrected chi connectivity index (χ2v) is 6.50. The van der Waals surface area contributed by atoms with E-state index in [0.717, 1.165) is 16.5 Å². The van der Waals surface area contributed by atoms with Crippen LogP contribution in [-0.4, -0.2) is 41.5 Å². The van der Waals surface area contributed by atoms with Crippen molar-refractivity contribution < 1.29 is 23.9 Å². The van der Waals surface area contributed by atoms with Crippen LogP contribution in [0.25, 0.3) is 10.9 Å². The van der Waals surface area contributed by atoms with Gasteiger partial charge in [0.2, 0.25) is 0 Å². The highest BCUT2D eigenvalue weighted by atomic mass is 32.1. The summed E-state index contributed by atoms with van der Waals surface area (Å²) >= 11 is 1.17. The molecule has 2 heterocycles. The SMILES string of the molecule is COC(=O)Cc1csc(NC(=O)COC(=O)Cc2c[nH]c3ccccc23)n1. The van der Waals surface area contributed by atoms with Crippen molar-refractivity contribution in [3.63, 3.8) is 0 Å². The van der Waals surface area contributed by atoms with E-state index in [9.17, 15) is 14.4 Å². The fraction of sp³-hybridized carbons (Fsp3) is 0.222. The van der Waals surface area contributed by atoms with Crippen LogP contribution in [0.2, 0.25) is 0 Å². The molecule has 0 aliphatic rings. The van der Waals surface area contributed by atoms with Crippen molar-refractivity contribution in [1.29, 1.82) is 0 Å². The highest BCUT2D eigenvalue weighted by Gasteiger charge is 2.13. The maximum absolute atomic E-state index is 12.0. The van der Waals surface area contributed by atoms with Gasteiger partial charge in [-0.2, -0.15) is 0 Å². The summed E-state index contributed by atoms with van der Waals surface area (Å²) in [5, 5.41) is 5.45. The molecule has 0 fully saturated rings. The molecular weight excluding hydrogens is 370 g/mol. The summed E-state index contributed by atoms with van der Waals surface area (Å²) in [6.45, 7) is -0.410. The van der Waals surface area contributed by atoms with Crippen molar-refractivity contribution in [2.75, 3.05) is 19.0 Å². The van der Waals surface area contributed by atoms with Crippen molar-refractivity contribution in [1.82, 2.24) is 9.97 Å². The van der Waals surface area contributed by atoms with Crippen molar-refractivity contribution in [2.45, 2.75) is 12.8 Å². The molecule has 3 rings (SSSR count). The van der Waals surface area contributed by atoms with Crippen LogP contribution in [0.5, 0.6) is 0 Å². The Labute approximate surface area is 158 Å². The van der Waals surface area contributed by atoms with Crippen LogP contribution >= 0.6 is 11.3 Å². The van der Waals surface area contributed by atoms with Crippen LogP contribution in [-0.2, 0) is 36.7 Å². The molecule has 27 heavy (non-hydrogen) atoms. The molecule has 3 aromatic rings. The Morgan fingerprint density at radius 3 is 2.81 bits per heavy atom. The first-order chi connectivity index (χ1) is 13.0. The number of fused-ring (bicyclic) bond motifs is 1. The molecule has 1 amide bonds. The van der Waals surface area contributed by atoms with Gasteiger partial charge >= 0.3 is 11.9 Å². The third kappa shape index (κ3) is 4.91. The van der Waals surface area contributed by atoms with Gasteiger partial charge in [0.25, 0.3) is 5.91 Å². The van der Waals surface area contributed by atoms with Crippen LogP contribution < -0.4 is 5.32 Å². The quantitative estimate of drug-likeness (QED) is 0.601. The Kier molecular flexibility index (Phi) is 5.82. The van der Waals surface area contributed by atoms with E-state index in [1.54, 1.807) is 11.6 Å². The third-order valence-electron chi connectivity index (χ3n) is 3.73. The maximum Gasteiger partial charge on any atom is 0.311 e. The zero-order valence-electron chi connectivity index (χ0n) is 14.5. The normalized spacial score (nSPS) is 10.6. The number of hydrogen-bond acceptors (Lipinski definition) is 7. The Bertz CT molecular complexity index is 978. The minimum Gasteiger partial charge on any atom is -0.469 e. The highest BCUT2D eigenvalue weighted by molar-refractivity contribution is 7.13. The second kappa shape index (κ2) is 8.45. The van der Waals surface area contributed by atoms with Crippen molar-refractivity contribution in [3.8, 4) is 0 Å². The fourth-order valence-electron chi connectivity index (χ4n) is 2.45. The molecule has 2 aromatic heterocycles. The van der Waals surface area contributed by atoms with E-state index in [2.05, 4.69) is 20.0 Å². The monoisotopic (exact) mass is 387 g/mol. The Morgan fingerprint density at radius 1 is 1.19 bits per heavy atom. The number of nitrogens with zero attached hydrogens (tertiary/aromatic N) is 1. The molecule has 0 aliphatic heterocycles. The molecule has 0 unspecified atom stereocenters. The van der Waals surface area contributed by atoms with Gasteiger partial charge in [-0.15, -0.1) is 11.3 Å². The van der Waals surface area contributed by atoms with Crippen LogP contribution in [0, 0.1) is 0 Å².